The van der Waals surface area contributed by atoms with Crippen molar-refractivity contribution in [3.63, 3.8) is 0 Å². The third kappa shape index (κ3) is 12.9. The lowest BCUT2D eigenvalue weighted by Gasteiger charge is -2.09. The monoisotopic (exact) mass is 259 g/mol. The number of carbonyl (C=O) groups excluding carboxylic acids is 1. The predicted octanol–water partition coefficient (Wildman–Crippen LogP) is 1.33. The maximum atomic E-state index is 11.6. The number of rotatable bonds is 8. The van der Waals surface area contributed by atoms with Gasteiger partial charge in [-0.25, -0.2) is 4.79 Å². The lowest BCUT2D eigenvalue weighted by Crippen LogP contribution is -2.30. The van der Waals surface area contributed by atoms with E-state index in [-0.39, 0.29) is 6.54 Å². The summed E-state index contributed by atoms with van der Waals surface area (Å²) in [6.07, 6.45) is -5.09. The highest BCUT2D eigenvalue weighted by molar-refractivity contribution is 5.67. The van der Waals surface area contributed by atoms with E-state index in [2.05, 4.69) is 10.1 Å². The maximum absolute atomic E-state index is 11.6. The second kappa shape index (κ2) is 9.06. The van der Waals surface area contributed by atoms with Crippen LogP contribution in [0.5, 0.6) is 0 Å². The van der Waals surface area contributed by atoms with E-state index in [1.165, 1.54) is 0 Å². The molecule has 0 aromatic rings. The topological polar surface area (TPSA) is 56.8 Å². The standard InChI is InChI=1S/C9H16F3NO4/c1-15-5-6-16-4-2-3-13-8(14)17-7-9(10,11)12/h2-7H2,1H3,(H,13,14). The molecule has 0 aliphatic rings. The van der Waals surface area contributed by atoms with Crippen LogP contribution in [0.3, 0.4) is 0 Å². The predicted molar refractivity (Wildman–Crippen MR) is 52.7 cm³/mol. The molecule has 0 rings (SSSR count). The fourth-order valence-electron chi connectivity index (χ4n) is 0.807. The summed E-state index contributed by atoms with van der Waals surface area (Å²) < 4.78 is 48.6. The average Bonchev–Trinajstić information content (AvgIpc) is 2.24. The van der Waals surface area contributed by atoms with Gasteiger partial charge in [0.2, 0.25) is 0 Å². The number of ether oxygens (including phenoxy) is 3. The maximum Gasteiger partial charge on any atom is 0.422 e. The number of halogens is 3. The first-order chi connectivity index (χ1) is 7.95. The van der Waals surface area contributed by atoms with Crippen LogP contribution in [0.15, 0.2) is 0 Å². The fourth-order valence-corrected chi connectivity index (χ4v) is 0.807. The van der Waals surface area contributed by atoms with E-state index >= 15 is 0 Å². The molecule has 0 fully saturated rings. The van der Waals surface area contributed by atoms with Gasteiger partial charge in [0.1, 0.15) is 0 Å². The van der Waals surface area contributed by atoms with Gasteiger partial charge in [0.05, 0.1) is 13.2 Å². The van der Waals surface area contributed by atoms with Crippen LogP contribution in [0.2, 0.25) is 0 Å². The Labute approximate surface area is 97.2 Å². The van der Waals surface area contributed by atoms with Crippen molar-refractivity contribution in [2.24, 2.45) is 0 Å². The smallest absolute Gasteiger partial charge is 0.422 e. The minimum absolute atomic E-state index is 0.198. The molecule has 0 bridgehead atoms. The zero-order chi connectivity index (χ0) is 13.1. The molecular weight excluding hydrogens is 243 g/mol. The number of nitrogens with one attached hydrogen (secondary N) is 1. The molecule has 5 nitrogen and oxygen atoms in total. The largest absolute Gasteiger partial charge is 0.440 e. The Morgan fingerprint density at radius 1 is 1.24 bits per heavy atom. The Balaban J connectivity index is 3.28. The van der Waals surface area contributed by atoms with Crippen molar-refractivity contribution in [3.8, 4) is 0 Å². The molecule has 8 heteroatoms. The first-order valence-corrected chi connectivity index (χ1v) is 5.00. The van der Waals surface area contributed by atoms with Gasteiger partial charge in [-0.1, -0.05) is 0 Å². The first-order valence-electron chi connectivity index (χ1n) is 5.00. The van der Waals surface area contributed by atoms with E-state index < -0.39 is 18.9 Å². The molecule has 0 aliphatic carbocycles. The van der Waals surface area contributed by atoms with Gasteiger partial charge in [0.25, 0.3) is 0 Å². The number of alkyl halides is 3. The number of hydrogen-bond donors (Lipinski definition) is 1. The van der Waals surface area contributed by atoms with Crippen molar-refractivity contribution in [1.29, 1.82) is 0 Å². The Hall–Kier alpha value is -1.02. The van der Waals surface area contributed by atoms with Crippen LogP contribution in [0.25, 0.3) is 0 Å². The summed E-state index contributed by atoms with van der Waals surface area (Å²) in [5.74, 6) is 0. The molecule has 0 aromatic heterocycles. The lowest BCUT2D eigenvalue weighted by atomic mass is 10.4. The second-order valence-electron chi connectivity index (χ2n) is 3.08. The molecule has 0 spiro atoms. The minimum atomic E-state index is -4.50. The number of alkyl carbamates (subject to hydrolysis) is 1. The van der Waals surface area contributed by atoms with Gasteiger partial charge < -0.3 is 19.5 Å². The van der Waals surface area contributed by atoms with Gasteiger partial charge in [-0.05, 0) is 6.42 Å². The van der Waals surface area contributed by atoms with Crippen molar-refractivity contribution >= 4 is 6.09 Å². The molecule has 0 saturated carbocycles. The number of hydrogen-bond acceptors (Lipinski definition) is 4. The van der Waals surface area contributed by atoms with Crippen molar-refractivity contribution in [2.45, 2.75) is 12.6 Å². The lowest BCUT2D eigenvalue weighted by molar-refractivity contribution is -0.160. The summed E-state index contributed by atoms with van der Waals surface area (Å²) in [6.45, 7) is -0.0776. The number of carbonyl (C=O) groups is 1. The van der Waals surface area contributed by atoms with Crippen LogP contribution in [0, 0.1) is 0 Å². The summed E-state index contributed by atoms with van der Waals surface area (Å²) in [7, 11) is 1.54. The van der Waals surface area contributed by atoms with E-state index in [0.29, 0.717) is 26.2 Å². The van der Waals surface area contributed by atoms with Gasteiger partial charge in [-0.15, -0.1) is 0 Å². The van der Waals surface area contributed by atoms with Crippen molar-refractivity contribution in [3.05, 3.63) is 0 Å². The van der Waals surface area contributed by atoms with Gasteiger partial charge in [-0.2, -0.15) is 13.2 Å². The Bertz CT molecular complexity index is 211. The molecule has 0 aliphatic heterocycles. The third-order valence-corrected chi connectivity index (χ3v) is 1.53. The van der Waals surface area contributed by atoms with E-state index in [4.69, 9.17) is 9.47 Å². The normalized spacial score (nSPS) is 11.3. The zero-order valence-electron chi connectivity index (χ0n) is 9.51. The highest BCUT2D eigenvalue weighted by Crippen LogP contribution is 2.14. The van der Waals surface area contributed by atoms with Crippen molar-refractivity contribution in [2.75, 3.05) is 40.1 Å². The highest BCUT2D eigenvalue weighted by atomic mass is 19.4. The Morgan fingerprint density at radius 3 is 2.53 bits per heavy atom. The molecule has 17 heavy (non-hydrogen) atoms. The van der Waals surface area contributed by atoms with E-state index in [1.54, 1.807) is 7.11 Å². The molecule has 0 heterocycles. The molecule has 0 atom stereocenters. The van der Waals surface area contributed by atoms with Crippen molar-refractivity contribution in [1.82, 2.24) is 5.32 Å². The second-order valence-corrected chi connectivity index (χ2v) is 3.08. The molecule has 0 unspecified atom stereocenters. The van der Waals surface area contributed by atoms with Crippen LogP contribution in [0.1, 0.15) is 6.42 Å². The van der Waals surface area contributed by atoms with Gasteiger partial charge >= 0.3 is 12.3 Å². The molecule has 102 valence electrons. The van der Waals surface area contributed by atoms with Crippen LogP contribution >= 0.6 is 0 Å². The Morgan fingerprint density at radius 2 is 1.94 bits per heavy atom. The van der Waals surface area contributed by atoms with E-state index in [9.17, 15) is 18.0 Å². The van der Waals surface area contributed by atoms with Crippen LogP contribution in [-0.4, -0.2) is 52.4 Å². The zero-order valence-corrected chi connectivity index (χ0v) is 9.51. The minimum Gasteiger partial charge on any atom is -0.440 e. The van der Waals surface area contributed by atoms with Crippen LogP contribution in [-0.2, 0) is 14.2 Å². The van der Waals surface area contributed by atoms with E-state index in [0.717, 1.165) is 0 Å². The Kier molecular flexibility index (Phi) is 8.51. The SMILES string of the molecule is COCCOCCCNC(=O)OCC(F)(F)F. The van der Waals surface area contributed by atoms with Gasteiger partial charge in [-0.3, -0.25) is 0 Å². The molecule has 0 saturated heterocycles. The van der Waals surface area contributed by atoms with Gasteiger partial charge in [0, 0.05) is 20.3 Å². The molecular formula is C9H16F3NO4. The molecule has 0 aromatic carbocycles. The molecule has 1 amide bonds. The quantitative estimate of drug-likeness (QED) is 0.668. The number of methoxy groups -OCH3 is 1. The molecule has 1 N–H and O–H groups in total. The average molecular weight is 259 g/mol. The summed E-state index contributed by atoms with van der Waals surface area (Å²) >= 11 is 0. The molecule has 0 radical (unpaired) electrons. The van der Waals surface area contributed by atoms with E-state index in [1.807, 2.05) is 0 Å². The summed E-state index contributed by atoms with van der Waals surface area (Å²) in [5.41, 5.74) is 0. The summed E-state index contributed by atoms with van der Waals surface area (Å²) in [6, 6.07) is 0. The van der Waals surface area contributed by atoms with Crippen LogP contribution < -0.4 is 5.32 Å². The summed E-state index contributed by atoms with van der Waals surface area (Å²) in [5, 5.41) is 2.17. The highest BCUT2D eigenvalue weighted by Gasteiger charge is 2.29. The van der Waals surface area contributed by atoms with Crippen LogP contribution in [0.4, 0.5) is 18.0 Å². The van der Waals surface area contributed by atoms with Crippen molar-refractivity contribution < 1.29 is 32.2 Å². The first kappa shape index (κ1) is 16.0. The number of amides is 1. The summed E-state index contributed by atoms with van der Waals surface area (Å²) in [4.78, 5) is 10.7. The fraction of sp³-hybridized carbons (Fsp3) is 0.889. The van der Waals surface area contributed by atoms with Gasteiger partial charge in [0.15, 0.2) is 6.61 Å². The third-order valence-electron chi connectivity index (χ3n) is 1.53.